The van der Waals surface area contributed by atoms with Gasteiger partial charge in [-0.2, -0.15) is 10.2 Å². The number of anilines is 4. The van der Waals surface area contributed by atoms with E-state index in [1.165, 1.54) is 31.0 Å². The predicted molar refractivity (Wildman–Crippen MR) is 227 cm³/mol. The second kappa shape index (κ2) is 16.5. The second-order valence-corrected chi connectivity index (χ2v) is 17.0. The number of rotatable bonds is 10. The summed E-state index contributed by atoms with van der Waals surface area (Å²) in [4.78, 5) is 46.9. The monoisotopic (exact) mass is 867 g/mol. The maximum atomic E-state index is 12.7. The summed E-state index contributed by atoms with van der Waals surface area (Å²) in [5, 5.41) is 26.5. The van der Waals surface area contributed by atoms with Gasteiger partial charge < -0.3 is 30.1 Å². The van der Waals surface area contributed by atoms with Crippen LogP contribution < -0.4 is 20.1 Å². The molecule has 8 aromatic heterocycles. The quantitative estimate of drug-likeness (QED) is 0.125. The normalized spacial score (nSPS) is 16.0. The van der Waals surface area contributed by atoms with Gasteiger partial charge in [-0.15, -0.1) is 22.7 Å². The Morgan fingerprint density at radius 3 is 1.79 bits per heavy atom. The third-order valence-corrected chi connectivity index (χ3v) is 13.4. The summed E-state index contributed by atoms with van der Waals surface area (Å²) in [6.07, 6.45) is 11.3. The first-order valence-electron chi connectivity index (χ1n) is 19.4. The zero-order valence-corrected chi connectivity index (χ0v) is 34.8. The highest BCUT2D eigenvalue weighted by atomic mass is 32.1. The number of pyridine rings is 2. The maximum Gasteiger partial charge on any atom is 0.306 e. The van der Waals surface area contributed by atoms with Gasteiger partial charge in [0, 0.05) is 35.1 Å². The van der Waals surface area contributed by atoms with Gasteiger partial charge in [0.25, 0.3) is 6.43 Å². The van der Waals surface area contributed by atoms with Gasteiger partial charge in [-0.1, -0.05) is 0 Å². The number of alkyl halides is 2. The number of carbonyl (C=O) groups is 2. The SMILES string of the molecule is COc1cn2nccc2cc1Nc1ncnc2sc3c(c12)CC[C@H](C(=O)N(C)CC(F)F)C3.COc1cn2nccc2cc1Nc1ncnc2sc3c(c12)CC[C@H](C(=O)O)C3. The number of aryl methyl sites for hydroxylation is 2. The van der Waals surface area contributed by atoms with E-state index < -0.39 is 18.9 Å². The minimum atomic E-state index is -2.54. The Hall–Kier alpha value is -6.54. The predicted octanol–water partition coefficient (Wildman–Crippen LogP) is 7.20. The number of halogens is 2. The van der Waals surface area contributed by atoms with Crippen LogP contribution >= 0.6 is 22.7 Å². The van der Waals surface area contributed by atoms with E-state index in [1.807, 2.05) is 30.5 Å². The standard InChI is InChI=1S/C22H22F2N6O2S.C19H17N5O3S/c1-29(10-18(23)24)22(31)12-3-4-14-17(7-12)33-21-19(14)20(25-11-26-21)28-15-8-13-5-6-27-30(13)9-16(15)32-2;1-27-14-8-24-11(4-5-22-24)7-13(14)23-17-16-12-3-2-10(19(25)26)6-15(12)28-18(16)21-9-20-17/h5-6,8-9,11-12,18H,3-4,7,10H2,1-2H3,(H,25,26,28);4-5,7-10H,2-3,6H2,1H3,(H,25,26)(H,20,21,23)/t12-;10-/m00/s1. The van der Waals surface area contributed by atoms with Crippen LogP contribution in [0.3, 0.4) is 0 Å². The van der Waals surface area contributed by atoms with E-state index in [-0.39, 0.29) is 17.7 Å². The summed E-state index contributed by atoms with van der Waals surface area (Å²) in [5.41, 5.74) is 5.65. The molecule has 2 atom stereocenters. The first-order valence-corrected chi connectivity index (χ1v) is 21.0. The first-order chi connectivity index (χ1) is 29.6. The number of carboxylic acids is 1. The number of aromatic nitrogens is 8. The molecule has 0 saturated heterocycles. The topological polar surface area (TPSA) is 186 Å². The molecule has 3 N–H and O–H groups in total. The highest BCUT2D eigenvalue weighted by Gasteiger charge is 2.32. The van der Waals surface area contributed by atoms with Gasteiger partial charge in [-0.25, -0.2) is 37.7 Å². The molecule has 0 saturated carbocycles. The zero-order chi connectivity index (χ0) is 42.4. The molecule has 1 amide bonds. The lowest BCUT2D eigenvalue weighted by molar-refractivity contribution is -0.142. The number of carboxylic acid groups (broad SMARTS) is 1. The molecule has 0 spiro atoms. The fourth-order valence-electron chi connectivity index (χ4n) is 8.11. The minimum absolute atomic E-state index is 0.235. The lowest BCUT2D eigenvalue weighted by atomic mass is 9.87. The number of fused-ring (bicyclic) bond motifs is 8. The molecule has 16 nitrogen and oxygen atoms in total. The van der Waals surface area contributed by atoms with Gasteiger partial charge >= 0.3 is 5.97 Å². The van der Waals surface area contributed by atoms with Crippen LogP contribution in [0, 0.1) is 11.8 Å². The Bertz CT molecular complexity index is 2950. The van der Waals surface area contributed by atoms with Crippen molar-refractivity contribution in [3.8, 4) is 11.5 Å². The average Bonchev–Trinajstić information content (AvgIpc) is 4.07. The van der Waals surface area contributed by atoms with Crippen molar-refractivity contribution in [2.75, 3.05) is 38.4 Å². The first kappa shape index (κ1) is 39.9. The molecule has 0 unspecified atom stereocenters. The number of ether oxygens (including phenoxy) is 2. The van der Waals surface area contributed by atoms with Gasteiger partial charge in [0.05, 0.1) is 72.3 Å². The van der Waals surface area contributed by atoms with Crippen LogP contribution in [-0.4, -0.2) is 95.3 Å². The van der Waals surface area contributed by atoms with E-state index in [2.05, 4.69) is 40.8 Å². The highest BCUT2D eigenvalue weighted by Crippen LogP contribution is 2.43. The molecule has 0 bridgehead atoms. The number of methoxy groups -OCH3 is 2. The largest absolute Gasteiger partial charge is 0.493 e. The Kier molecular flexibility index (Phi) is 10.8. The summed E-state index contributed by atoms with van der Waals surface area (Å²) in [5.74, 6) is 1.05. The van der Waals surface area contributed by atoms with Crippen molar-refractivity contribution in [2.24, 2.45) is 11.8 Å². The number of aliphatic carboxylic acids is 1. The van der Waals surface area contributed by atoms with E-state index in [0.29, 0.717) is 61.7 Å². The second-order valence-electron chi connectivity index (χ2n) is 14.8. The summed E-state index contributed by atoms with van der Waals surface area (Å²) >= 11 is 3.09. The van der Waals surface area contributed by atoms with Gasteiger partial charge in [-0.05, 0) is 73.9 Å². The fourth-order valence-corrected chi connectivity index (χ4v) is 10.6. The van der Waals surface area contributed by atoms with Gasteiger partial charge in [0.15, 0.2) is 11.5 Å². The van der Waals surface area contributed by atoms with Crippen LogP contribution in [0.15, 0.2) is 61.7 Å². The summed E-state index contributed by atoms with van der Waals surface area (Å²) < 4.78 is 39.9. The van der Waals surface area contributed by atoms with E-state index in [1.54, 1.807) is 53.2 Å². The number of nitrogens with one attached hydrogen (secondary N) is 2. The third kappa shape index (κ3) is 7.72. The summed E-state index contributed by atoms with van der Waals surface area (Å²) in [6.45, 7) is -0.544. The summed E-state index contributed by atoms with van der Waals surface area (Å²) in [7, 11) is 4.65. The van der Waals surface area contributed by atoms with Crippen LogP contribution in [0.25, 0.3) is 31.5 Å². The van der Waals surface area contributed by atoms with Crippen LogP contribution in [0.4, 0.5) is 31.8 Å². The molecule has 8 aromatic rings. The number of nitrogens with zero attached hydrogens (tertiary/aromatic N) is 9. The number of thiophene rings is 2. The molecule has 0 fully saturated rings. The third-order valence-electron chi connectivity index (χ3n) is 11.1. The van der Waals surface area contributed by atoms with E-state index >= 15 is 0 Å². The van der Waals surface area contributed by atoms with Crippen LogP contribution in [0.5, 0.6) is 11.5 Å². The van der Waals surface area contributed by atoms with Gasteiger partial charge in [-0.3, -0.25) is 9.59 Å². The van der Waals surface area contributed by atoms with Crippen molar-refractivity contribution in [1.82, 2.24) is 44.1 Å². The zero-order valence-electron chi connectivity index (χ0n) is 33.1. The van der Waals surface area contributed by atoms with Gasteiger partial charge in [0.1, 0.15) is 34.0 Å². The molecular formula is C41H39F2N11O5S2. The lowest BCUT2D eigenvalue weighted by Gasteiger charge is -2.26. The van der Waals surface area contributed by atoms with Crippen molar-refractivity contribution in [3.63, 3.8) is 0 Å². The number of hydrogen-bond acceptors (Lipinski definition) is 14. The molecule has 314 valence electrons. The smallest absolute Gasteiger partial charge is 0.306 e. The molecule has 2 aliphatic carbocycles. The number of hydrogen-bond donors (Lipinski definition) is 3. The number of carbonyl (C=O) groups excluding carboxylic acids is 1. The van der Waals surface area contributed by atoms with Crippen molar-refractivity contribution in [2.45, 2.75) is 45.0 Å². The highest BCUT2D eigenvalue weighted by molar-refractivity contribution is 7.19. The van der Waals surface area contributed by atoms with Crippen molar-refractivity contribution in [3.05, 3.63) is 82.6 Å². The molecular weight excluding hydrogens is 829 g/mol. The lowest BCUT2D eigenvalue weighted by Crippen LogP contribution is -2.38. The van der Waals surface area contributed by atoms with Crippen molar-refractivity contribution in [1.29, 1.82) is 0 Å². The fraction of sp³-hybridized carbons (Fsp3) is 0.317. The Labute approximate surface area is 354 Å². The minimum Gasteiger partial charge on any atom is -0.493 e. The van der Waals surface area contributed by atoms with E-state index in [4.69, 9.17) is 9.47 Å². The number of amides is 1. The molecule has 0 aliphatic heterocycles. The molecule has 20 heteroatoms. The van der Waals surface area contributed by atoms with Crippen LogP contribution in [-0.2, 0) is 35.3 Å². The van der Waals surface area contributed by atoms with Crippen molar-refractivity contribution < 1.29 is 33.0 Å². The maximum absolute atomic E-state index is 12.7. The van der Waals surface area contributed by atoms with Crippen LogP contribution in [0.1, 0.15) is 33.7 Å². The molecule has 8 heterocycles. The Morgan fingerprint density at radius 1 is 0.820 bits per heavy atom. The van der Waals surface area contributed by atoms with Crippen LogP contribution in [0.2, 0.25) is 0 Å². The molecule has 61 heavy (non-hydrogen) atoms. The summed E-state index contributed by atoms with van der Waals surface area (Å²) in [6, 6.07) is 7.71. The molecule has 0 radical (unpaired) electrons. The molecule has 0 aromatic carbocycles. The Balaban J connectivity index is 0.000000158. The van der Waals surface area contributed by atoms with Crippen molar-refractivity contribution >= 4 is 89.0 Å². The Morgan fingerprint density at radius 2 is 1.31 bits per heavy atom. The molecule has 2 aliphatic rings. The average molecular weight is 868 g/mol. The van der Waals surface area contributed by atoms with Gasteiger partial charge in [0.2, 0.25) is 5.91 Å². The van der Waals surface area contributed by atoms with E-state index in [9.17, 15) is 23.5 Å². The molecule has 10 rings (SSSR count). The van der Waals surface area contributed by atoms with E-state index in [0.717, 1.165) is 68.6 Å².